The second kappa shape index (κ2) is 8.06. The van der Waals surface area contributed by atoms with Gasteiger partial charge in [-0.2, -0.15) is 0 Å². The Bertz CT molecular complexity index is 539. The fourth-order valence-electron chi connectivity index (χ4n) is 1.40. The summed E-state index contributed by atoms with van der Waals surface area (Å²) in [7, 11) is 1.63. The Morgan fingerprint density at radius 2 is 2.06 bits per heavy atom. The molecule has 1 aromatic heterocycles. The van der Waals surface area contributed by atoms with Crippen LogP contribution in [0, 0.1) is 3.57 Å². The van der Waals surface area contributed by atoms with Crippen molar-refractivity contribution >= 4 is 39.3 Å². The average molecular weight is 430 g/mol. The molecule has 2 rings (SSSR count). The van der Waals surface area contributed by atoms with Gasteiger partial charge in [0.1, 0.15) is 12.4 Å². The molecule has 0 fully saturated rings. The summed E-state index contributed by atoms with van der Waals surface area (Å²) in [5.41, 5.74) is 8.47. The summed E-state index contributed by atoms with van der Waals surface area (Å²) >= 11 is 2.18. The minimum Gasteiger partial charge on any atom is -0.490 e. The van der Waals surface area contributed by atoms with Crippen LogP contribution < -0.4 is 62.9 Å². The molecule has 0 amide bonds. The van der Waals surface area contributed by atoms with E-state index >= 15 is 0 Å². The standard InChI is InChI=1S/C11H11IN3O2.Rb/c1-16-2-3-17-10-4-7-9(5-8(10)12)14-6-15-11(7)13;/h4-6H,2-3H2,1H3,(H-,13,14,15);/q-1;+1. The number of methoxy groups -OCH3 is 1. The van der Waals surface area contributed by atoms with E-state index in [1.54, 1.807) is 13.2 Å². The zero-order chi connectivity index (χ0) is 12.3. The molecule has 0 saturated heterocycles. The maximum Gasteiger partial charge on any atom is 1.00 e. The van der Waals surface area contributed by atoms with Crippen molar-refractivity contribution in [3.63, 3.8) is 0 Å². The van der Waals surface area contributed by atoms with Gasteiger partial charge in [-0.1, -0.05) is 5.82 Å². The number of benzene rings is 1. The first kappa shape index (κ1) is 16.7. The summed E-state index contributed by atoms with van der Waals surface area (Å²) in [5, 5.41) is 0.695. The molecule has 0 spiro atoms. The molecule has 0 atom stereocenters. The summed E-state index contributed by atoms with van der Waals surface area (Å²) in [4.78, 5) is 7.97. The van der Waals surface area contributed by atoms with Crippen molar-refractivity contribution in [1.82, 2.24) is 9.97 Å². The van der Waals surface area contributed by atoms with Gasteiger partial charge in [0.15, 0.2) is 0 Å². The third-order valence-corrected chi connectivity index (χ3v) is 3.08. The van der Waals surface area contributed by atoms with Crippen molar-refractivity contribution in [1.29, 1.82) is 0 Å². The van der Waals surface area contributed by atoms with Gasteiger partial charge in [-0.25, -0.2) is 0 Å². The largest absolute Gasteiger partial charge is 1.00 e. The van der Waals surface area contributed by atoms with Gasteiger partial charge >= 0.3 is 58.2 Å². The van der Waals surface area contributed by atoms with Crippen LogP contribution in [0.25, 0.3) is 16.6 Å². The maximum atomic E-state index is 7.71. The van der Waals surface area contributed by atoms with Crippen molar-refractivity contribution in [2.24, 2.45) is 0 Å². The molecule has 1 N–H and O–H groups in total. The third-order valence-electron chi connectivity index (χ3n) is 2.23. The maximum absolute atomic E-state index is 7.71. The van der Waals surface area contributed by atoms with Crippen LogP contribution in [0.3, 0.4) is 0 Å². The molecule has 0 aliphatic carbocycles. The Morgan fingerprint density at radius 1 is 1.28 bits per heavy atom. The molecule has 0 aliphatic heterocycles. The van der Waals surface area contributed by atoms with Crippen LogP contribution in [-0.4, -0.2) is 30.3 Å². The first-order valence-corrected chi connectivity index (χ1v) is 6.08. The molecule has 0 radical (unpaired) electrons. The molecule has 1 heterocycles. The van der Waals surface area contributed by atoms with E-state index in [1.807, 2.05) is 6.07 Å². The van der Waals surface area contributed by atoms with Crippen molar-refractivity contribution in [2.45, 2.75) is 0 Å². The number of rotatable bonds is 4. The van der Waals surface area contributed by atoms with E-state index in [4.69, 9.17) is 15.2 Å². The van der Waals surface area contributed by atoms with Crippen molar-refractivity contribution < 1.29 is 67.7 Å². The van der Waals surface area contributed by atoms with E-state index < -0.39 is 0 Å². The van der Waals surface area contributed by atoms with Crippen LogP contribution in [0.2, 0.25) is 0 Å². The Hall–Kier alpha value is 0.655. The van der Waals surface area contributed by atoms with Gasteiger partial charge in [0, 0.05) is 18.8 Å². The topological polar surface area (TPSA) is 68.0 Å². The van der Waals surface area contributed by atoms with Crippen LogP contribution in [0.5, 0.6) is 5.75 Å². The molecular weight excluding hydrogens is 419 g/mol. The summed E-state index contributed by atoms with van der Waals surface area (Å²) in [6.45, 7) is 1.02. The molecule has 0 unspecified atom stereocenters. The van der Waals surface area contributed by atoms with E-state index in [1.165, 1.54) is 6.33 Å². The van der Waals surface area contributed by atoms with E-state index in [-0.39, 0.29) is 64.0 Å². The Kier molecular flexibility index (Phi) is 7.48. The van der Waals surface area contributed by atoms with Gasteiger partial charge in [-0.3, -0.25) is 4.98 Å². The number of nitrogens with one attached hydrogen (secondary N) is 1. The second-order valence-electron chi connectivity index (χ2n) is 3.36. The van der Waals surface area contributed by atoms with Crippen LogP contribution in [-0.2, 0) is 4.74 Å². The normalized spacial score (nSPS) is 10.1. The second-order valence-corrected chi connectivity index (χ2v) is 4.53. The zero-order valence-electron chi connectivity index (χ0n) is 10.2. The molecule has 5 nitrogen and oxygen atoms in total. The molecule has 0 saturated carbocycles. The number of aromatic nitrogens is 2. The van der Waals surface area contributed by atoms with Gasteiger partial charge in [-0.05, 0) is 34.7 Å². The van der Waals surface area contributed by atoms with E-state index in [0.29, 0.717) is 18.6 Å². The minimum absolute atomic E-state index is 0. The fourth-order valence-corrected chi connectivity index (χ4v) is 2.01. The van der Waals surface area contributed by atoms with Crippen LogP contribution in [0.15, 0.2) is 18.5 Å². The van der Waals surface area contributed by atoms with Crippen LogP contribution >= 0.6 is 22.6 Å². The summed E-state index contributed by atoms with van der Waals surface area (Å²) in [6.07, 6.45) is 1.40. The number of halogens is 1. The van der Waals surface area contributed by atoms with E-state index in [2.05, 4.69) is 32.6 Å². The zero-order valence-corrected chi connectivity index (χ0v) is 17.3. The van der Waals surface area contributed by atoms with Crippen LogP contribution in [0.4, 0.5) is 5.82 Å². The fraction of sp³-hybridized carbons (Fsp3) is 0.273. The summed E-state index contributed by atoms with van der Waals surface area (Å²) in [5.74, 6) is 0.946. The predicted molar refractivity (Wildman–Crippen MR) is 73.6 cm³/mol. The van der Waals surface area contributed by atoms with Crippen molar-refractivity contribution in [3.05, 3.63) is 27.8 Å². The summed E-state index contributed by atoms with van der Waals surface area (Å²) < 4.78 is 11.5. The Labute approximate surface area is 168 Å². The molecule has 2 aromatic rings. The molecular formula is C11H11IN3O2Rb. The third kappa shape index (κ3) is 4.07. The smallest absolute Gasteiger partial charge is 0.490 e. The van der Waals surface area contributed by atoms with Gasteiger partial charge < -0.3 is 20.2 Å². The van der Waals surface area contributed by atoms with E-state index in [0.717, 1.165) is 14.8 Å². The average Bonchev–Trinajstić information content (AvgIpc) is 2.31. The quantitative estimate of drug-likeness (QED) is 0.505. The van der Waals surface area contributed by atoms with Crippen LogP contribution in [0.1, 0.15) is 0 Å². The first-order chi connectivity index (χ1) is 8.22. The molecule has 18 heavy (non-hydrogen) atoms. The number of ether oxygens (including phenoxy) is 2. The number of nitrogens with zero attached hydrogens (tertiary/aromatic N) is 2. The monoisotopic (exact) mass is 429 g/mol. The molecule has 1 aromatic carbocycles. The van der Waals surface area contributed by atoms with Gasteiger partial charge in [0.2, 0.25) is 0 Å². The van der Waals surface area contributed by atoms with Gasteiger partial charge in [0.05, 0.1) is 15.7 Å². The van der Waals surface area contributed by atoms with Crippen molar-refractivity contribution in [2.75, 3.05) is 20.3 Å². The summed E-state index contributed by atoms with van der Waals surface area (Å²) in [6, 6.07) is 3.69. The van der Waals surface area contributed by atoms with Crippen molar-refractivity contribution in [3.8, 4) is 5.75 Å². The number of fused-ring (bicyclic) bond motifs is 1. The number of hydrogen-bond donors (Lipinski definition) is 0. The molecule has 0 bridgehead atoms. The SMILES string of the molecule is COCCOc1cc2c([NH-])ncnc2cc1I.[Rb+]. The number of hydrogen-bond acceptors (Lipinski definition) is 4. The molecule has 90 valence electrons. The first-order valence-electron chi connectivity index (χ1n) is 5.00. The molecule has 0 aliphatic rings. The Morgan fingerprint density at radius 3 is 2.78 bits per heavy atom. The van der Waals surface area contributed by atoms with Gasteiger partial charge in [-0.15, -0.1) is 0 Å². The minimum atomic E-state index is 0. The Balaban J connectivity index is 0.00000162. The van der Waals surface area contributed by atoms with Gasteiger partial charge in [0.25, 0.3) is 0 Å². The van der Waals surface area contributed by atoms with E-state index in [9.17, 15) is 0 Å². The predicted octanol–water partition coefficient (Wildman–Crippen LogP) is -0.0527. The molecule has 7 heteroatoms.